The number of methoxy groups -OCH3 is 2. The second-order valence-corrected chi connectivity index (χ2v) is 11.8. The summed E-state index contributed by atoms with van der Waals surface area (Å²) in [5, 5.41) is 31.1. The van der Waals surface area contributed by atoms with Crippen LogP contribution in [0.4, 0.5) is 27.9 Å². The van der Waals surface area contributed by atoms with E-state index < -0.39 is 29.4 Å². The smallest absolute Gasteiger partial charge is 0.490 e. The van der Waals surface area contributed by atoms with Gasteiger partial charge in [0.15, 0.2) is 11.6 Å². The summed E-state index contributed by atoms with van der Waals surface area (Å²) in [6, 6.07) is 10.5. The molecule has 3 N–H and O–H groups in total. The van der Waals surface area contributed by atoms with Gasteiger partial charge in [0.1, 0.15) is 11.9 Å². The Balaban J connectivity index is 0.000000515. The number of carboxylic acids is 1. The Morgan fingerprint density at radius 3 is 2.13 bits per heavy atom. The van der Waals surface area contributed by atoms with Crippen molar-refractivity contribution in [2.75, 3.05) is 19.5 Å². The SMILES string of the molecule is COc1ccc(-c2c(OC)nc(NC34CC5CC(CC(O)(C5)C3)C4)nc2-c2ccc(C#N)c(F)c2)cc1F.O=C(O)C(F)(F)F. The molecule has 0 aliphatic heterocycles. The van der Waals surface area contributed by atoms with Crippen molar-refractivity contribution in [2.24, 2.45) is 11.8 Å². The van der Waals surface area contributed by atoms with Crippen LogP contribution in [0.1, 0.15) is 44.1 Å². The van der Waals surface area contributed by atoms with Gasteiger partial charge in [0.25, 0.3) is 0 Å². The molecular formula is C31H29F5N4O5. The highest BCUT2D eigenvalue weighted by atomic mass is 19.4. The number of nitriles is 1. The average molecular weight is 633 g/mol. The van der Waals surface area contributed by atoms with E-state index in [0.717, 1.165) is 32.1 Å². The van der Waals surface area contributed by atoms with Crippen LogP contribution in [-0.4, -0.2) is 57.7 Å². The van der Waals surface area contributed by atoms with Crippen molar-refractivity contribution in [3.8, 4) is 40.1 Å². The van der Waals surface area contributed by atoms with Crippen LogP contribution in [0.25, 0.3) is 22.4 Å². The van der Waals surface area contributed by atoms with Crippen LogP contribution in [0, 0.1) is 34.8 Å². The molecule has 3 aromatic rings. The van der Waals surface area contributed by atoms with Gasteiger partial charge in [-0.15, -0.1) is 0 Å². The molecule has 14 heteroatoms. The molecule has 4 bridgehead atoms. The van der Waals surface area contributed by atoms with E-state index in [0.29, 0.717) is 46.6 Å². The predicted molar refractivity (Wildman–Crippen MR) is 150 cm³/mol. The van der Waals surface area contributed by atoms with Gasteiger partial charge in [-0.2, -0.15) is 23.4 Å². The number of halogens is 5. The lowest BCUT2D eigenvalue weighted by Crippen LogP contribution is -2.62. The number of nitrogens with one attached hydrogen (secondary N) is 1. The van der Waals surface area contributed by atoms with Crippen LogP contribution >= 0.6 is 0 Å². The highest BCUT2D eigenvalue weighted by molar-refractivity contribution is 5.85. The molecule has 1 heterocycles. The normalized spacial score (nSPS) is 24.7. The lowest BCUT2D eigenvalue weighted by Gasteiger charge is -2.60. The molecular weight excluding hydrogens is 603 g/mol. The van der Waals surface area contributed by atoms with Crippen LogP contribution in [0.2, 0.25) is 0 Å². The molecule has 0 radical (unpaired) electrons. The first-order valence-corrected chi connectivity index (χ1v) is 14.0. The Morgan fingerprint density at radius 2 is 1.62 bits per heavy atom. The molecule has 0 saturated heterocycles. The molecule has 45 heavy (non-hydrogen) atoms. The topological polar surface area (TPSA) is 138 Å². The number of hydrogen-bond acceptors (Lipinski definition) is 8. The van der Waals surface area contributed by atoms with E-state index >= 15 is 0 Å². The Morgan fingerprint density at radius 1 is 1.00 bits per heavy atom. The first kappa shape index (κ1) is 31.9. The second kappa shape index (κ2) is 11.8. The number of benzene rings is 2. The summed E-state index contributed by atoms with van der Waals surface area (Å²) in [6.45, 7) is 0. The third kappa shape index (κ3) is 6.49. The Hall–Kier alpha value is -4.51. The molecule has 238 valence electrons. The van der Waals surface area contributed by atoms with Gasteiger partial charge in [0.2, 0.25) is 11.8 Å². The second-order valence-electron chi connectivity index (χ2n) is 11.8. The number of aromatic nitrogens is 2. The first-order chi connectivity index (χ1) is 21.2. The number of rotatable bonds is 6. The highest BCUT2D eigenvalue weighted by Crippen LogP contribution is 2.58. The molecule has 1 aromatic heterocycles. The van der Waals surface area contributed by atoms with Crippen molar-refractivity contribution >= 4 is 11.9 Å². The zero-order chi connectivity index (χ0) is 32.7. The third-order valence-corrected chi connectivity index (χ3v) is 8.52. The quantitative estimate of drug-likeness (QED) is 0.275. The monoisotopic (exact) mass is 632 g/mol. The molecule has 4 saturated carbocycles. The number of carbonyl (C=O) groups is 1. The number of nitrogens with zero attached hydrogens (tertiary/aromatic N) is 3. The molecule has 2 unspecified atom stereocenters. The minimum atomic E-state index is -5.08. The summed E-state index contributed by atoms with van der Waals surface area (Å²) in [5.74, 6) is -2.56. The molecule has 0 amide bonds. The van der Waals surface area contributed by atoms with Gasteiger partial charge in [-0.3, -0.25) is 0 Å². The van der Waals surface area contributed by atoms with Gasteiger partial charge in [-0.05, 0) is 80.2 Å². The fourth-order valence-corrected chi connectivity index (χ4v) is 7.29. The Bertz CT molecular complexity index is 1660. The van der Waals surface area contributed by atoms with Crippen molar-refractivity contribution < 1.29 is 46.4 Å². The largest absolute Gasteiger partial charge is 0.494 e. The minimum Gasteiger partial charge on any atom is -0.494 e. The Labute approximate surface area is 254 Å². The molecule has 2 atom stereocenters. The Kier molecular flexibility index (Phi) is 8.35. The number of hydrogen-bond donors (Lipinski definition) is 3. The number of aliphatic carboxylic acids is 1. The number of aliphatic hydroxyl groups is 1. The molecule has 4 fully saturated rings. The van der Waals surface area contributed by atoms with Gasteiger partial charge in [0.05, 0.1) is 36.6 Å². The maximum atomic E-state index is 14.7. The van der Waals surface area contributed by atoms with E-state index in [1.165, 1.54) is 38.5 Å². The van der Waals surface area contributed by atoms with Crippen LogP contribution in [0.15, 0.2) is 36.4 Å². The number of carboxylic acid groups (broad SMARTS) is 1. The molecule has 4 aliphatic carbocycles. The van der Waals surface area contributed by atoms with Gasteiger partial charge in [0, 0.05) is 11.1 Å². The summed E-state index contributed by atoms with van der Waals surface area (Å²) in [6.07, 6.45) is 0.163. The zero-order valence-corrected chi connectivity index (χ0v) is 24.2. The van der Waals surface area contributed by atoms with Crippen molar-refractivity contribution in [3.63, 3.8) is 0 Å². The standard InChI is InChI=1S/C29H28F2N4O3.C2HF3O2/c1-37-23-6-5-18(8-22(23)31)24-25(19-3-4-20(14-32)21(30)9-19)33-27(34-26(24)38-2)35-28-10-16-7-17(11-28)13-29(36,12-16)15-28;3-2(4,5)1(6)7/h3-6,8-9,16-17,36H,7,10-13,15H2,1-2H3,(H,33,34,35);(H,6,7). The first-order valence-electron chi connectivity index (χ1n) is 14.0. The van der Waals surface area contributed by atoms with Gasteiger partial charge < -0.3 is 25.0 Å². The van der Waals surface area contributed by atoms with E-state index in [9.17, 15) is 32.3 Å². The summed E-state index contributed by atoms with van der Waals surface area (Å²) in [7, 11) is 2.85. The van der Waals surface area contributed by atoms with Crippen molar-refractivity contribution in [1.82, 2.24) is 9.97 Å². The fourth-order valence-electron chi connectivity index (χ4n) is 7.29. The fraction of sp³-hybridized carbons (Fsp3) is 0.419. The zero-order valence-electron chi connectivity index (χ0n) is 24.2. The summed E-state index contributed by atoms with van der Waals surface area (Å²) < 4.78 is 71.9. The minimum absolute atomic E-state index is 0.0811. The van der Waals surface area contributed by atoms with Crippen molar-refractivity contribution in [3.05, 3.63) is 53.6 Å². The van der Waals surface area contributed by atoms with Crippen molar-refractivity contribution in [2.45, 2.75) is 55.8 Å². The van der Waals surface area contributed by atoms with E-state index in [1.54, 1.807) is 12.1 Å². The maximum absolute atomic E-state index is 14.7. The lowest BCUT2D eigenvalue weighted by atomic mass is 9.51. The van der Waals surface area contributed by atoms with E-state index in [-0.39, 0.29) is 22.7 Å². The van der Waals surface area contributed by atoms with Crippen LogP contribution in [-0.2, 0) is 4.79 Å². The predicted octanol–water partition coefficient (Wildman–Crippen LogP) is 6.11. The molecule has 7 rings (SSSR count). The van der Waals surface area contributed by atoms with Gasteiger partial charge in [-0.1, -0.05) is 12.1 Å². The number of ether oxygens (including phenoxy) is 2. The van der Waals surface area contributed by atoms with Crippen molar-refractivity contribution in [1.29, 1.82) is 5.26 Å². The third-order valence-electron chi connectivity index (χ3n) is 8.52. The van der Waals surface area contributed by atoms with Crippen LogP contribution in [0.5, 0.6) is 11.6 Å². The van der Waals surface area contributed by atoms with E-state index in [1.807, 2.05) is 6.07 Å². The summed E-state index contributed by atoms with van der Waals surface area (Å²) in [5.41, 5.74) is 0.415. The van der Waals surface area contributed by atoms with Crippen LogP contribution < -0.4 is 14.8 Å². The van der Waals surface area contributed by atoms with Gasteiger partial charge >= 0.3 is 12.1 Å². The lowest BCUT2D eigenvalue weighted by molar-refractivity contribution is -0.192. The van der Waals surface area contributed by atoms with E-state index in [4.69, 9.17) is 24.4 Å². The van der Waals surface area contributed by atoms with E-state index in [2.05, 4.69) is 10.3 Å². The van der Waals surface area contributed by atoms with Crippen LogP contribution in [0.3, 0.4) is 0 Å². The molecule has 0 spiro atoms. The van der Waals surface area contributed by atoms with Gasteiger partial charge in [-0.25, -0.2) is 18.6 Å². The molecule has 4 aliphatic rings. The summed E-state index contributed by atoms with van der Waals surface area (Å²) in [4.78, 5) is 18.4. The maximum Gasteiger partial charge on any atom is 0.490 e. The molecule has 9 nitrogen and oxygen atoms in total. The summed E-state index contributed by atoms with van der Waals surface area (Å²) >= 11 is 0. The average Bonchev–Trinajstić information content (AvgIpc) is 2.95. The highest BCUT2D eigenvalue weighted by Gasteiger charge is 2.57. The number of anilines is 1. The number of alkyl halides is 3. The molecule has 2 aromatic carbocycles.